The Labute approximate surface area is 440 Å². The Morgan fingerprint density at radius 1 is 0.458 bits per heavy atom. The van der Waals surface area contributed by atoms with Gasteiger partial charge in [0.2, 0.25) is 0 Å². The molecule has 424 valence electrons. The highest BCUT2D eigenvalue weighted by molar-refractivity contribution is 7.85. The summed E-state index contributed by atoms with van der Waals surface area (Å²) in [6.45, 7) is 3.80. The number of hydrogen-bond acceptors (Lipinski definition) is 11. The maximum atomic E-state index is 12.9. The minimum atomic E-state index is -4.61. The number of unbranched alkanes of at least 4 members (excludes halogenated alkanes) is 36. The van der Waals surface area contributed by atoms with Crippen LogP contribution in [0.3, 0.4) is 0 Å². The second kappa shape index (κ2) is 48.8. The van der Waals surface area contributed by atoms with Gasteiger partial charge >= 0.3 is 11.9 Å². The molecule has 0 aromatic rings. The van der Waals surface area contributed by atoms with Crippen molar-refractivity contribution in [2.75, 3.05) is 19.0 Å². The summed E-state index contributed by atoms with van der Waals surface area (Å²) in [5.74, 6) is -2.02. The number of aliphatic hydroxyl groups excluding tert-OH is 3. The van der Waals surface area contributed by atoms with Gasteiger partial charge in [-0.2, -0.15) is 8.42 Å². The van der Waals surface area contributed by atoms with Crippen molar-refractivity contribution in [1.29, 1.82) is 0 Å². The van der Waals surface area contributed by atoms with Crippen molar-refractivity contribution >= 4 is 22.1 Å². The van der Waals surface area contributed by atoms with Crippen LogP contribution in [-0.4, -0.2) is 96.0 Å². The van der Waals surface area contributed by atoms with E-state index in [1.54, 1.807) is 0 Å². The molecule has 1 rings (SSSR count). The lowest BCUT2D eigenvalue weighted by molar-refractivity contribution is -0.297. The molecule has 0 aromatic heterocycles. The van der Waals surface area contributed by atoms with E-state index in [2.05, 4.69) is 38.2 Å². The van der Waals surface area contributed by atoms with Crippen LogP contribution in [0.1, 0.15) is 284 Å². The average molecular weight is 1040 g/mol. The van der Waals surface area contributed by atoms with E-state index in [0.29, 0.717) is 19.3 Å². The first-order chi connectivity index (χ1) is 35.0. The molecule has 12 nitrogen and oxygen atoms in total. The zero-order chi connectivity index (χ0) is 52.6. The number of esters is 2. The van der Waals surface area contributed by atoms with Crippen molar-refractivity contribution in [1.82, 2.24) is 0 Å². The quantitative estimate of drug-likeness (QED) is 0.0196. The van der Waals surface area contributed by atoms with Gasteiger partial charge in [-0.1, -0.05) is 250 Å². The lowest BCUT2D eigenvalue weighted by atomic mass is 10.00. The summed E-state index contributed by atoms with van der Waals surface area (Å²) in [4.78, 5) is 25.6. The Morgan fingerprint density at radius 3 is 1.24 bits per heavy atom. The Morgan fingerprint density at radius 2 is 0.819 bits per heavy atom. The fourth-order valence-electron chi connectivity index (χ4n) is 9.41. The van der Waals surface area contributed by atoms with Gasteiger partial charge in [0.05, 0.1) is 6.61 Å². The third kappa shape index (κ3) is 42.4. The van der Waals surface area contributed by atoms with Crippen LogP contribution in [0.4, 0.5) is 0 Å². The standard InChI is InChI=1S/C59H110O12S/c1-3-5-7-9-11-13-15-17-19-21-23-25-26-28-29-31-33-35-37-39-41-43-45-47-54(60)68-49-52(50-69-59-58(64)57(63)56(62)53(71-59)51-72(65,66)67)70-55(61)48-46-44-42-40-38-36-34-32-30-27-24-22-20-18-16-14-12-10-8-6-4-2/h31,33,39,41,52-53,56-59,62-64H,3-30,32,34-38,40,42-51H2,1-2H3,(H,65,66,67)/b33-31+,41-39+/t52-,53-,56-,57?,58?,59+/m1/s1. The first kappa shape index (κ1) is 68.1. The van der Waals surface area contributed by atoms with Crippen molar-refractivity contribution in [2.24, 2.45) is 0 Å². The van der Waals surface area contributed by atoms with Crippen LogP contribution < -0.4 is 0 Å². The van der Waals surface area contributed by atoms with E-state index in [1.165, 1.54) is 199 Å². The van der Waals surface area contributed by atoms with Crippen molar-refractivity contribution in [3.05, 3.63) is 24.3 Å². The normalized spacial score (nSPS) is 18.9. The van der Waals surface area contributed by atoms with E-state index in [4.69, 9.17) is 18.9 Å². The number of aliphatic hydroxyl groups is 3. The lowest BCUT2D eigenvalue weighted by Crippen LogP contribution is -2.60. The molecule has 1 heterocycles. The molecule has 0 spiro atoms. The highest BCUT2D eigenvalue weighted by Crippen LogP contribution is 2.24. The summed E-state index contributed by atoms with van der Waals surface area (Å²) >= 11 is 0. The molecule has 2 unspecified atom stereocenters. The maximum absolute atomic E-state index is 12.9. The maximum Gasteiger partial charge on any atom is 0.306 e. The van der Waals surface area contributed by atoms with E-state index >= 15 is 0 Å². The number of allylic oxidation sites excluding steroid dienone is 4. The van der Waals surface area contributed by atoms with Gasteiger partial charge in [0, 0.05) is 12.8 Å². The van der Waals surface area contributed by atoms with E-state index in [1.807, 2.05) is 0 Å². The van der Waals surface area contributed by atoms with Crippen molar-refractivity contribution < 1.29 is 56.8 Å². The number of hydrogen-bond donors (Lipinski definition) is 4. The molecule has 4 N–H and O–H groups in total. The van der Waals surface area contributed by atoms with E-state index in [-0.39, 0.29) is 19.4 Å². The summed E-state index contributed by atoms with van der Waals surface area (Å²) in [5, 5.41) is 31.1. The first-order valence-corrected chi connectivity index (χ1v) is 31.5. The molecule has 0 saturated carbocycles. The van der Waals surface area contributed by atoms with Crippen LogP contribution >= 0.6 is 0 Å². The van der Waals surface area contributed by atoms with Crippen LogP contribution in [0.2, 0.25) is 0 Å². The van der Waals surface area contributed by atoms with E-state index in [0.717, 1.165) is 38.5 Å². The van der Waals surface area contributed by atoms with Crippen LogP contribution in [0.5, 0.6) is 0 Å². The van der Waals surface area contributed by atoms with Gasteiger partial charge < -0.3 is 34.3 Å². The van der Waals surface area contributed by atoms with Crippen molar-refractivity contribution in [2.45, 2.75) is 320 Å². The first-order valence-electron chi connectivity index (χ1n) is 29.9. The van der Waals surface area contributed by atoms with Gasteiger partial charge in [-0.3, -0.25) is 14.1 Å². The number of carbonyl (C=O) groups excluding carboxylic acids is 2. The summed E-state index contributed by atoms with van der Waals surface area (Å²) in [6.07, 6.45) is 49.5. The van der Waals surface area contributed by atoms with Crippen LogP contribution in [0.15, 0.2) is 24.3 Å². The predicted molar refractivity (Wildman–Crippen MR) is 293 cm³/mol. The largest absolute Gasteiger partial charge is 0.462 e. The molecule has 72 heavy (non-hydrogen) atoms. The Balaban J connectivity index is 2.31. The molecule has 1 saturated heterocycles. The summed E-state index contributed by atoms with van der Waals surface area (Å²) < 4.78 is 54.4. The number of ether oxygens (including phenoxy) is 4. The van der Waals surface area contributed by atoms with Crippen LogP contribution in [0.25, 0.3) is 0 Å². The molecule has 0 bridgehead atoms. The monoisotopic (exact) mass is 1040 g/mol. The summed E-state index contributed by atoms with van der Waals surface area (Å²) in [6, 6.07) is 0. The highest BCUT2D eigenvalue weighted by Gasteiger charge is 2.46. The second-order valence-corrected chi connectivity index (χ2v) is 22.5. The minimum absolute atomic E-state index is 0.162. The molecule has 1 aliphatic heterocycles. The predicted octanol–water partition coefficient (Wildman–Crippen LogP) is 14.7. The number of rotatable bonds is 52. The Hall–Kier alpha value is -1.87. The fourth-order valence-corrected chi connectivity index (χ4v) is 10.1. The van der Waals surface area contributed by atoms with Gasteiger partial charge in [0.15, 0.2) is 12.4 Å². The van der Waals surface area contributed by atoms with Crippen LogP contribution in [0, 0.1) is 0 Å². The SMILES string of the molecule is CCCCCCCCCCCCCCCC/C=C/CC/C=C/CCCC(=O)OC[C@H](CO[C@H]1O[C@H](CS(=O)(=O)O)[C@@H](O)C(O)C1O)OC(=O)CCCCCCCCCCCCCCCCCCCCCCC. The molecule has 0 aliphatic carbocycles. The molecule has 0 radical (unpaired) electrons. The second-order valence-electron chi connectivity index (χ2n) is 21.0. The number of carbonyl (C=O) groups is 2. The Kier molecular flexibility index (Phi) is 46.1. The zero-order valence-corrected chi connectivity index (χ0v) is 46.9. The van der Waals surface area contributed by atoms with E-state index < -0.39 is 71.2 Å². The molecular formula is C59H110O12S. The molecule has 0 aromatic carbocycles. The summed E-state index contributed by atoms with van der Waals surface area (Å²) in [5.41, 5.74) is 0. The van der Waals surface area contributed by atoms with Crippen molar-refractivity contribution in [3.63, 3.8) is 0 Å². The summed E-state index contributed by atoms with van der Waals surface area (Å²) in [7, 11) is -4.61. The topological polar surface area (TPSA) is 186 Å². The third-order valence-corrected chi connectivity index (χ3v) is 14.8. The molecule has 13 heteroatoms. The molecular weight excluding hydrogens is 933 g/mol. The smallest absolute Gasteiger partial charge is 0.306 e. The van der Waals surface area contributed by atoms with Gasteiger partial charge in [0.25, 0.3) is 10.1 Å². The average Bonchev–Trinajstić information content (AvgIpc) is 3.35. The zero-order valence-electron chi connectivity index (χ0n) is 46.1. The third-order valence-electron chi connectivity index (χ3n) is 14.0. The Bertz CT molecular complexity index is 1410. The van der Waals surface area contributed by atoms with Gasteiger partial charge in [-0.25, -0.2) is 0 Å². The molecule has 1 fully saturated rings. The minimum Gasteiger partial charge on any atom is -0.462 e. The van der Waals surface area contributed by atoms with Gasteiger partial charge in [-0.05, 0) is 44.9 Å². The fraction of sp³-hybridized carbons (Fsp3) is 0.898. The van der Waals surface area contributed by atoms with E-state index in [9.17, 15) is 37.9 Å². The lowest BCUT2D eigenvalue weighted by Gasteiger charge is -2.40. The van der Waals surface area contributed by atoms with Gasteiger partial charge in [0.1, 0.15) is 36.8 Å². The van der Waals surface area contributed by atoms with Crippen molar-refractivity contribution in [3.8, 4) is 0 Å². The highest BCUT2D eigenvalue weighted by atomic mass is 32.2. The van der Waals surface area contributed by atoms with Crippen LogP contribution in [-0.2, 0) is 38.7 Å². The molecule has 6 atom stereocenters. The molecule has 1 aliphatic rings. The molecule has 0 amide bonds. The van der Waals surface area contributed by atoms with Gasteiger partial charge in [-0.15, -0.1) is 0 Å².